The summed E-state index contributed by atoms with van der Waals surface area (Å²) in [5, 5.41) is 3.92. The van der Waals surface area contributed by atoms with Crippen molar-refractivity contribution in [3.8, 4) is 0 Å². The summed E-state index contributed by atoms with van der Waals surface area (Å²) >= 11 is 1.36. The van der Waals surface area contributed by atoms with E-state index in [2.05, 4.69) is 41.0 Å². The number of hydrogen-bond acceptors (Lipinski definition) is 5. The van der Waals surface area contributed by atoms with Gasteiger partial charge in [0.2, 0.25) is 4.96 Å². The molecule has 21 heavy (non-hydrogen) atoms. The zero-order valence-corrected chi connectivity index (χ0v) is 12.8. The normalized spacial score (nSPS) is 12.2. The Labute approximate surface area is 126 Å². The third kappa shape index (κ3) is 2.54. The van der Waals surface area contributed by atoms with Crippen molar-refractivity contribution in [2.75, 3.05) is 18.0 Å². The highest BCUT2D eigenvalue weighted by Gasteiger charge is 2.05. The summed E-state index contributed by atoms with van der Waals surface area (Å²) in [7, 11) is 0. The van der Waals surface area contributed by atoms with Gasteiger partial charge in [0.1, 0.15) is 6.33 Å². The molecule has 108 valence electrons. The average Bonchev–Trinajstić information content (AvgIpc) is 3.06. The zero-order chi connectivity index (χ0) is 14.8. The van der Waals surface area contributed by atoms with Gasteiger partial charge in [-0.1, -0.05) is 23.5 Å². The van der Waals surface area contributed by atoms with Crippen LogP contribution in [0.2, 0.25) is 0 Å². The molecule has 0 saturated heterocycles. The lowest BCUT2D eigenvalue weighted by Gasteiger charge is -2.20. The Balaban J connectivity index is 1.97. The molecule has 0 radical (unpaired) electrons. The first-order valence-corrected chi connectivity index (χ1v) is 7.74. The van der Waals surface area contributed by atoms with Gasteiger partial charge >= 0.3 is 0 Å². The standard InChI is InChI=1S/C15H16N4OS/c1-3-18(4-2)12-7-5-11(6-8-12)9-13-14(20)19-15(21-13)16-10-17-19/h5-10H,3-4H2,1-2H3. The third-order valence-electron chi connectivity index (χ3n) is 3.44. The number of aromatic nitrogens is 3. The van der Waals surface area contributed by atoms with Crippen molar-refractivity contribution in [1.82, 2.24) is 14.6 Å². The minimum absolute atomic E-state index is 0.111. The quantitative estimate of drug-likeness (QED) is 0.733. The maximum atomic E-state index is 12.1. The molecule has 0 aliphatic heterocycles. The van der Waals surface area contributed by atoms with Gasteiger partial charge in [-0.2, -0.15) is 9.61 Å². The predicted octanol–water partition coefficient (Wildman–Crippen LogP) is 1.54. The Kier molecular flexibility index (Phi) is 3.70. The minimum Gasteiger partial charge on any atom is -0.372 e. The molecule has 0 saturated carbocycles. The topological polar surface area (TPSA) is 50.5 Å². The van der Waals surface area contributed by atoms with Crippen molar-refractivity contribution in [1.29, 1.82) is 0 Å². The number of benzene rings is 1. The summed E-state index contributed by atoms with van der Waals surface area (Å²) in [5.74, 6) is 0. The largest absolute Gasteiger partial charge is 0.372 e. The maximum Gasteiger partial charge on any atom is 0.291 e. The summed E-state index contributed by atoms with van der Waals surface area (Å²) in [4.78, 5) is 19.1. The number of fused-ring (bicyclic) bond motifs is 1. The Morgan fingerprint density at radius 2 is 1.95 bits per heavy atom. The van der Waals surface area contributed by atoms with Crippen LogP contribution in [0.4, 0.5) is 5.69 Å². The van der Waals surface area contributed by atoms with Crippen LogP contribution < -0.4 is 15.0 Å². The molecular formula is C15H16N4OS. The van der Waals surface area contributed by atoms with Crippen molar-refractivity contribution in [3.05, 3.63) is 51.0 Å². The van der Waals surface area contributed by atoms with Crippen LogP contribution in [0.15, 0.2) is 35.4 Å². The van der Waals surface area contributed by atoms with Gasteiger partial charge in [-0.25, -0.2) is 4.98 Å². The molecule has 3 rings (SSSR count). The average molecular weight is 300 g/mol. The molecule has 1 aromatic carbocycles. The molecular weight excluding hydrogens is 284 g/mol. The fraction of sp³-hybridized carbons (Fsp3) is 0.267. The summed E-state index contributed by atoms with van der Waals surface area (Å²) < 4.78 is 1.99. The molecule has 6 heteroatoms. The van der Waals surface area contributed by atoms with Crippen molar-refractivity contribution in [2.45, 2.75) is 13.8 Å². The summed E-state index contributed by atoms with van der Waals surface area (Å²) in [6, 6.07) is 8.23. The maximum absolute atomic E-state index is 12.1. The van der Waals surface area contributed by atoms with Crippen molar-refractivity contribution < 1.29 is 0 Å². The van der Waals surface area contributed by atoms with Crippen molar-refractivity contribution in [2.24, 2.45) is 0 Å². The Bertz CT molecular complexity index is 846. The van der Waals surface area contributed by atoms with E-state index in [1.807, 2.05) is 18.2 Å². The summed E-state index contributed by atoms with van der Waals surface area (Å²) in [6.45, 7) is 6.25. The number of thiazole rings is 1. The molecule has 2 heterocycles. The summed E-state index contributed by atoms with van der Waals surface area (Å²) in [6.07, 6.45) is 3.28. The van der Waals surface area contributed by atoms with Gasteiger partial charge in [-0.3, -0.25) is 4.79 Å². The van der Waals surface area contributed by atoms with Crippen LogP contribution in [0, 0.1) is 0 Å². The molecule has 5 nitrogen and oxygen atoms in total. The predicted molar refractivity (Wildman–Crippen MR) is 85.9 cm³/mol. The van der Waals surface area contributed by atoms with E-state index >= 15 is 0 Å². The number of anilines is 1. The molecule has 0 bridgehead atoms. The van der Waals surface area contributed by atoms with E-state index in [1.165, 1.54) is 27.9 Å². The highest BCUT2D eigenvalue weighted by molar-refractivity contribution is 7.15. The van der Waals surface area contributed by atoms with E-state index in [9.17, 15) is 4.79 Å². The molecule has 0 spiro atoms. The van der Waals surface area contributed by atoms with E-state index in [4.69, 9.17) is 0 Å². The number of hydrogen-bond donors (Lipinski definition) is 0. The van der Waals surface area contributed by atoms with E-state index in [1.54, 1.807) is 0 Å². The fourth-order valence-electron chi connectivity index (χ4n) is 2.30. The van der Waals surface area contributed by atoms with Crippen LogP contribution in [0.25, 0.3) is 11.0 Å². The van der Waals surface area contributed by atoms with Crippen LogP contribution in [0.3, 0.4) is 0 Å². The van der Waals surface area contributed by atoms with Crippen molar-refractivity contribution in [3.63, 3.8) is 0 Å². The van der Waals surface area contributed by atoms with Gasteiger partial charge in [-0.15, -0.1) is 0 Å². The van der Waals surface area contributed by atoms with Crippen LogP contribution in [-0.2, 0) is 0 Å². The monoisotopic (exact) mass is 300 g/mol. The summed E-state index contributed by atoms with van der Waals surface area (Å²) in [5.41, 5.74) is 2.09. The highest BCUT2D eigenvalue weighted by Crippen LogP contribution is 2.15. The zero-order valence-electron chi connectivity index (χ0n) is 12.0. The van der Waals surface area contributed by atoms with E-state index < -0.39 is 0 Å². The van der Waals surface area contributed by atoms with Crippen LogP contribution in [-0.4, -0.2) is 27.7 Å². The lowest BCUT2D eigenvalue weighted by Crippen LogP contribution is -2.23. The first kappa shape index (κ1) is 13.8. The molecule has 0 aliphatic carbocycles. The molecule has 0 unspecified atom stereocenters. The number of nitrogens with zero attached hydrogens (tertiary/aromatic N) is 4. The van der Waals surface area contributed by atoms with Gasteiger partial charge < -0.3 is 4.90 Å². The van der Waals surface area contributed by atoms with Gasteiger partial charge in [0.15, 0.2) is 0 Å². The molecule has 2 aromatic heterocycles. The minimum atomic E-state index is -0.111. The Morgan fingerprint density at radius 1 is 1.24 bits per heavy atom. The highest BCUT2D eigenvalue weighted by atomic mass is 32.1. The SMILES string of the molecule is CCN(CC)c1ccc(C=c2sc3ncnn3c2=O)cc1. The Hall–Kier alpha value is -2.21. The van der Waals surface area contributed by atoms with Crippen molar-refractivity contribution >= 4 is 28.1 Å². The fourth-order valence-corrected chi connectivity index (χ4v) is 3.18. The first-order chi connectivity index (χ1) is 10.2. The molecule has 0 amide bonds. The number of rotatable bonds is 4. The molecule has 0 fully saturated rings. The lowest BCUT2D eigenvalue weighted by molar-refractivity contribution is 0.866. The Morgan fingerprint density at radius 3 is 2.57 bits per heavy atom. The van der Waals surface area contributed by atoms with Gasteiger partial charge in [0, 0.05) is 18.8 Å². The lowest BCUT2D eigenvalue weighted by atomic mass is 10.2. The second-order valence-corrected chi connectivity index (χ2v) is 5.64. The second kappa shape index (κ2) is 5.65. The third-order valence-corrected chi connectivity index (χ3v) is 4.41. The van der Waals surface area contributed by atoms with E-state index in [0.29, 0.717) is 9.49 Å². The first-order valence-electron chi connectivity index (χ1n) is 6.92. The van der Waals surface area contributed by atoms with Gasteiger partial charge in [0.05, 0.1) is 4.53 Å². The van der Waals surface area contributed by atoms with E-state index in [0.717, 1.165) is 18.7 Å². The molecule has 3 aromatic rings. The van der Waals surface area contributed by atoms with E-state index in [-0.39, 0.29) is 5.56 Å². The van der Waals surface area contributed by atoms with Crippen LogP contribution in [0.5, 0.6) is 0 Å². The van der Waals surface area contributed by atoms with Crippen LogP contribution in [0.1, 0.15) is 19.4 Å². The van der Waals surface area contributed by atoms with Crippen LogP contribution >= 0.6 is 11.3 Å². The van der Waals surface area contributed by atoms with Gasteiger partial charge in [0.25, 0.3) is 5.56 Å². The van der Waals surface area contributed by atoms with Gasteiger partial charge in [-0.05, 0) is 37.6 Å². The molecule has 0 atom stereocenters. The molecule has 0 aliphatic rings. The molecule has 0 N–H and O–H groups in total. The second-order valence-electron chi connectivity index (χ2n) is 4.63. The smallest absolute Gasteiger partial charge is 0.291 e.